The minimum absolute atomic E-state index is 1.03. The summed E-state index contributed by atoms with van der Waals surface area (Å²) in [6.07, 6.45) is 1.16. The predicted octanol–water partition coefficient (Wildman–Crippen LogP) is 2.62. The molecule has 0 saturated carbocycles. The average molecular weight is 214 g/mol. The summed E-state index contributed by atoms with van der Waals surface area (Å²) in [5.41, 5.74) is 5.82. The molecule has 0 radical (unpaired) electrons. The van der Waals surface area contributed by atoms with Crippen molar-refractivity contribution < 1.29 is 0 Å². The molecule has 0 saturated heterocycles. The highest BCUT2D eigenvalue weighted by molar-refractivity contribution is 5.86. The van der Waals surface area contributed by atoms with Gasteiger partial charge in [-0.15, -0.1) is 0 Å². The molecule has 0 bridgehead atoms. The van der Waals surface area contributed by atoms with E-state index < -0.39 is 0 Å². The molecule has 3 rings (SSSR count). The van der Waals surface area contributed by atoms with Crippen molar-refractivity contribution in [2.45, 2.75) is 33.4 Å². The Morgan fingerprint density at radius 2 is 2.25 bits per heavy atom. The van der Waals surface area contributed by atoms with E-state index in [0.717, 1.165) is 26.1 Å². The first-order chi connectivity index (χ1) is 7.81. The second kappa shape index (κ2) is 3.63. The van der Waals surface area contributed by atoms with Crippen molar-refractivity contribution in [2.24, 2.45) is 0 Å². The molecule has 0 fully saturated rings. The largest absolute Gasteiger partial charge is 0.344 e. The number of nitrogens with zero attached hydrogens (tertiary/aromatic N) is 1. The van der Waals surface area contributed by atoms with Crippen LogP contribution in [0.25, 0.3) is 10.9 Å². The number of fused-ring (bicyclic) bond motifs is 3. The summed E-state index contributed by atoms with van der Waals surface area (Å²) in [6.45, 7) is 7.63. The molecule has 1 aliphatic heterocycles. The van der Waals surface area contributed by atoms with Gasteiger partial charge in [-0.05, 0) is 31.5 Å². The molecule has 0 atom stereocenters. The number of rotatable bonds is 1. The highest BCUT2D eigenvalue weighted by atomic mass is 15.0. The van der Waals surface area contributed by atoms with Gasteiger partial charge in [0.2, 0.25) is 0 Å². The van der Waals surface area contributed by atoms with Crippen molar-refractivity contribution in [3.63, 3.8) is 0 Å². The molecule has 2 aromatic rings. The number of hydrogen-bond acceptors (Lipinski definition) is 1. The van der Waals surface area contributed by atoms with Crippen molar-refractivity contribution in [1.82, 2.24) is 9.88 Å². The highest BCUT2D eigenvalue weighted by Gasteiger charge is 2.18. The Morgan fingerprint density at radius 3 is 3.06 bits per heavy atom. The van der Waals surface area contributed by atoms with Crippen LogP contribution in [0.1, 0.15) is 23.7 Å². The van der Waals surface area contributed by atoms with E-state index in [1.54, 1.807) is 5.69 Å². The molecule has 1 aromatic heterocycles. The molecule has 0 spiro atoms. The van der Waals surface area contributed by atoms with E-state index in [9.17, 15) is 0 Å². The maximum absolute atomic E-state index is 3.48. The van der Waals surface area contributed by atoms with Crippen molar-refractivity contribution in [2.75, 3.05) is 6.54 Å². The zero-order chi connectivity index (χ0) is 11.1. The Labute approximate surface area is 96.3 Å². The van der Waals surface area contributed by atoms with Gasteiger partial charge in [-0.3, -0.25) is 0 Å². The highest BCUT2D eigenvalue weighted by Crippen LogP contribution is 2.29. The van der Waals surface area contributed by atoms with E-state index in [-0.39, 0.29) is 0 Å². The van der Waals surface area contributed by atoms with Gasteiger partial charge in [0.1, 0.15) is 0 Å². The van der Waals surface area contributed by atoms with Gasteiger partial charge in [0.05, 0.1) is 0 Å². The van der Waals surface area contributed by atoms with Crippen LogP contribution in [0, 0.1) is 6.92 Å². The fourth-order valence-electron chi connectivity index (χ4n) is 2.86. The van der Waals surface area contributed by atoms with Crippen LogP contribution in [0.15, 0.2) is 18.2 Å². The lowest BCUT2D eigenvalue weighted by atomic mass is 10.0. The van der Waals surface area contributed by atoms with Crippen LogP contribution in [0.2, 0.25) is 0 Å². The van der Waals surface area contributed by atoms with Gasteiger partial charge < -0.3 is 9.88 Å². The fraction of sp³-hybridized carbons (Fsp3) is 0.429. The minimum Gasteiger partial charge on any atom is -0.344 e. The second-order valence-electron chi connectivity index (χ2n) is 4.62. The molecule has 0 unspecified atom stereocenters. The van der Waals surface area contributed by atoms with E-state index in [4.69, 9.17) is 0 Å². The van der Waals surface area contributed by atoms with Crippen LogP contribution >= 0.6 is 0 Å². The zero-order valence-electron chi connectivity index (χ0n) is 10.0. The topological polar surface area (TPSA) is 17.0 Å². The average Bonchev–Trinajstić information content (AvgIpc) is 2.62. The molecule has 2 heterocycles. The van der Waals surface area contributed by atoms with Gasteiger partial charge in [-0.25, -0.2) is 0 Å². The van der Waals surface area contributed by atoms with Crippen LogP contribution in [-0.2, 0) is 19.5 Å². The van der Waals surface area contributed by atoms with Gasteiger partial charge >= 0.3 is 0 Å². The summed E-state index contributed by atoms with van der Waals surface area (Å²) in [7, 11) is 0. The number of hydrogen-bond donors (Lipinski definition) is 1. The lowest BCUT2D eigenvalue weighted by molar-refractivity contribution is 0.606. The van der Waals surface area contributed by atoms with E-state index >= 15 is 0 Å². The Hall–Kier alpha value is -1.28. The number of nitrogens with one attached hydrogen (secondary N) is 1. The maximum atomic E-state index is 3.48. The number of benzene rings is 1. The Kier molecular flexibility index (Phi) is 2.25. The van der Waals surface area contributed by atoms with Gasteiger partial charge in [0.15, 0.2) is 0 Å². The van der Waals surface area contributed by atoms with Gasteiger partial charge in [-0.1, -0.05) is 11.6 Å². The van der Waals surface area contributed by atoms with Crippen LogP contribution in [0.5, 0.6) is 0 Å². The minimum atomic E-state index is 1.03. The lowest BCUT2D eigenvalue weighted by Gasteiger charge is -2.15. The first-order valence-electron chi connectivity index (χ1n) is 6.12. The Bertz CT molecular complexity index is 537. The smallest absolute Gasteiger partial charge is 0.0485 e. The van der Waals surface area contributed by atoms with Gasteiger partial charge in [-0.2, -0.15) is 0 Å². The third-order valence-electron chi connectivity index (χ3n) is 3.60. The van der Waals surface area contributed by atoms with Gasteiger partial charge in [0.25, 0.3) is 0 Å². The van der Waals surface area contributed by atoms with Crippen molar-refractivity contribution in [1.29, 1.82) is 0 Å². The first-order valence-corrected chi connectivity index (χ1v) is 6.12. The Balaban J connectivity index is 2.37. The third kappa shape index (κ3) is 1.30. The SMILES string of the molecule is CCn1c2c(c3cc(C)ccc31)CNCC2. The van der Waals surface area contributed by atoms with Crippen molar-refractivity contribution >= 4 is 10.9 Å². The molecule has 1 aromatic carbocycles. The first kappa shape index (κ1) is 9.91. The fourth-order valence-corrected chi connectivity index (χ4v) is 2.86. The summed E-state index contributed by atoms with van der Waals surface area (Å²) in [4.78, 5) is 0. The summed E-state index contributed by atoms with van der Waals surface area (Å²) >= 11 is 0. The predicted molar refractivity (Wildman–Crippen MR) is 67.8 cm³/mol. The number of aryl methyl sites for hydroxylation is 2. The summed E-state index contributed by atoms with van der Waals surface area (Å²) < 4.78 is 2.48. The summed E-state index contributed by atoms with van der Waals surface area (Å²) in [5.74, 6) is 0. The van der Waals surface area contributed by atoms with E-state index in [2.05, 4.69) is 41.9 Å². The molecular weight excluding hydrogens is 196 g/mol. The molecule has 84 valence electrons. The lowest BCUT2D eigenvalue weighted by Crippen LogP contribution is -2.24. The van der Waals surface area contributed by atoms with Crippen LogP contribution < -0.4 is 5.32 Å². The third-order valence-corrected chi connectivity index (χ3v) is 3.60. The summed E-state index contributed by atoms with van der Waals surface area (Å²) in [5, 5.41) is 4.92. The standard InChI is InChI=1S/C14H18N2/c1-3-16-13-5-4-10(2)8-11(13)12-9-15-7-6-14(12)16/h4-5,8,15H,3,6-7,9H2,1-2H3. The molecule has 16 heavy (non-hydrogen) atoms. The quantitative estimate of drug-likeness (QED) is 0.772. The van der Waals surface area contributed by atoms with Crippen LogP contribution in [0.3, 0.4) is 0 Å². The van der Waals surface area contributed by atoms with E-state index in [1.807, 2.05) is 0 Å². The molecule has 1 aliphatic rings. The second-order valence-corrected chi connectivity index (χ2v) is 4.62. The molecule has 2 heteroatoms. The maximum Gasteiger partial charge on any atom is 0.0485 e. The van der Waals surface area contributed by atoms with E-state index in [0.29, 0.717) is 0 Å². The van der Waals surface area contributed by atoms with Crippen LogP contribution in [0.4, 0.5) is 0 Å². The molecule has 1 N–H and O–H groups in total. The van der Waals surface area contributed by atoms with Crippen LogP contribution in [-0.4, -0.2) is 11.1 Å². The number of aromatic nitrogens is 1. The summed E-state index contributed by atoms with van der Waals surface area (Å²) in [6, 6.07) is 6.81. The monoisotopic (exact) mass is 214 g/mol. The normalized spacial score (nSPS) is 15.4. The molecule has 0 amide bonds. The molecule has 0 aliphatic carbocycles. The van der Waals surface area contributed by atoms with E-state index in [1.165, 1.54) is 22.0 Å². The molecular formula is C14H18N2. The van der Waals surface area contributed by atoms with Crippen molar-refractivity contribution in [3.05, 3.63) is 35.0 Å². The molecule has 2 nitrogen and oxygen atoms in total. The zero-order valence-corrected chi connectivity index (χ0v) is 10.0. The Morgan fingerprint density at radius 1 is 1.38 bits per heavy atom. The van der Waals surface area contributed by atoms with Gasteiger partial charge in [0, 0.05) is 42.7 Å². The van der Waals surface area contributed by atoms with Crippen molar-refractivity contribution in [3.8, 4) is 0 Å².